The van der Waals surface area contributed by atoms with E-state index in [1.54, 1.807) is 12.1 Å². The maximum absolute atomic E-state index is 11.7. The first-order valence-corrected chi connectivity index (χ1v) is 6.61. The lowest BCUT2D eigenvalue weighted by molar-refractivity contribution is 0.0953. The van der Waals surface area contributed by atoms with Crippen LogP contribution in [0.15, 0.2) is 47.5 Å². The quantitative estimate of drug-likeness (QED) is 0.214. The zero-order valence-corrected chi connectivity index (χ0v) is 14.6. The zero-order chi connectivity index (χ0) is 14.8. The van der Waals surface area contributed by atoms with Crippen LogP contribution in [-0.2, 0) is 0 Å². The van der Waals surface area contributed by atoms with Crippen LogP contribution in [-0.4, -0.2) is 31.5 Å². The summed E-state index contributed by atoms with van der Waals surface area (Å²) in [5.41, 5.74) is 7.30. The van der Waals surface area contributed by atoms with Gasteiger partial charge in [-0.15, -0.1) is 24.0 Å². The number of rotatable bonds is 7. The molecule has 0 saturated heterocycles. The van der Waals surface area contributed by atoms with Crippen LogP contribution >= 0.6 is 24.0 Å². The Morgan fingerprint density at radius 3 is 2.48 bits per heavy atom. The number of benzene rings is 1. The van der Waals surface area contributed by atoms with Gasteiger partial charge in [0.05, 0.1) is 6.54 Å². The van der Waals surface area contributed by atoms with Crippen LogP contribution in [0.5, 0.6) is 0 Å². The SMILES string of the molecule is C=C(C)CN=C(N)NCCCNC(=O)c1ccccc1.I. The topological polar surface area (TPSA) is 79.5 Å². The third-order valence-electron chi connectivity index (χ3n) is 2.50. The summed E-state index contributed by atoms with van der Waals surface area (Å²) in [6, 6.07) is 9.14. The molecule has 0 fully saturated rings. The van der Waals surface area contributed by atoms with Crippen LogP contribution in [0.25, 0.3) is 0 Å². The molecule has 4 N–H and O–H groups in total. The monoisotopic (exact) mass is 402 g/mol. The second-order valence-electron chi connectivity index (χ2n) is 4.56. The van der Waals surface area contributed by atoms with Crippen molar-refractivity contribution in [1.82, 2.24) is 10.6 Å². The van der Waals surface area contributed by atoms with Crippen molar-refractivity contribution in [2.24, 2.45) is 10.7 Å². The Morgan fingerprint density at radius 2 is 1.86 bits per heavy atom. The minimum Gasteiger partial charge on any atom is -0.370 e. The van der Waals surface area contributed by atoms with E-state index in [0.717, 1.165) is 12.0 Å². The zero-order valence-electron chi connectivity index (χ0n) is 12.3. The van der Waals surface area contributed by atoms with Gasteiger partial charge >= 0.3 is 0 Å². The van der Waals surface area contributed by atoms with E-state index in [9.17, 15) is 4.79 Å². The molecule has 0 spiro atoms. The summed E-state index contributed by atoms with van der Waals surface area (Å²) in [5.74, 6) is 0.344. The molecule has 1 amide bonds. The van der Waals surface area contributed by atoms with Gasteiger partial charge in [0.2, 0.25) is 0 Å². The van der Waals surface area contributed by atoms with Crippen LogP contribution in [0.1, 0.15) is 23.7 Å². The lowest BCUT2D eigenvalue weighted by Gasteiger charge is -2.07. The van der Waals surface area contributed by atoms with Crippen molar-refractivity contribution in [2.75, 3.05) is 19.6 Å². The standard InChI is InChI=1S/C15H22N4O.HI/c1-12(2)11-19-15(16)18-10-6-9-17-14(20)13-7-4-3-5-8-13;/h3-5,7-8H,1,6,9-11H2,2H3,(H,17,20)(H3,16,18,19);1H. The van der Waals surface area contributed by atoms with E-state index < -0.39 is 0 Å². The number of aliphatic imine (C=N–C) groups is 1. The van der Waals surface area contributed by atoms with Gasteiger partial charge < -0.3 is 16.4 Å². The van der Waals surface area contributed by atoms with Crippen molar-refractivity contribution in [3.63, 3.8) is 0 Å². The maximum atomic E-state index is 11.7. The number of amides is 1. The predicted molar refractivity (Wildman–Crippen MR) is 98.1 cm³/mol. The van der Waals surface area contributed by atoms with E-state index >= 15 is 0 Å². The van der Waals surface area contributed by atoms with Crippen molar-refractivity contribution < 1.29 is 4.79 Å². The van der Waals surface area contributed by atoms with Crippen LogP contribution in [0, 0.1) is 0 Å². The second-order valence-corrected chi connectivity index (χ2v) is 4.56. The minimum absolute atomic E-state index is 0. The van der Waals surface area contributed by atoms with Gasteiger partial charge in [-0.05, 0) is 25.5 Å². The van der Waals surface area contributed by atoms with Gasteiger partial charge in [-0.1, -0.05) is 30.4 Å². The fourth-order valence-corrected chi connectivity index (χ4v) is 1.47. The van der Waals surface area contributed by atoms with Crippen molar-refractivity contribution in [2.45, 2.75) is 13.3 Å². The molecule has 0 atom stereocenters. The third-order valence-corrected chi connectivity index (χ3v) is 2.50. The Morgan fingerprint density at radius 1 is 1.24 bits per heavy atom. The number of halogens is 1. The number of hydrogen-bond acceptors (Lipinski definition) is 2. The van der Waals surface area contributed by atoms with Crippen molar-refractivity contribution >= 4 is 35.8 Å². The molecule has 1 rings (SSSR count). The molecule has 116 valence electrons. The molecular formula is C15H23IN4O. The summed E-state index contributed by atoms with van der Waals surface area (Å²) >= 11 is 0. The van der Waals surface area contributed by atoms with E-state index in [1.807, 2.05) is 25.1 Å². The molecular weight excluding hydrogens is 379 g/mol. The highest BCUT2D eigenvalue weighted by atomic mass is 127. The summed E-state index contributed by atoms with van der Waals surface area (Å²) in [6.07, 6.45) is 0.780. The second kappa shape index (κ2) is 11.1. The van der Waals surface area contributed by atoms with Crippen LogP contribution < -0.4 is 16.4 Å². The molecule has 0 aliphatic rings. The lowest BCUT2D eigenvalue weighted by Crippen LogP contribution is -2.34. The number of nitrogens with one attached hydrogen (secondary N) is 2. The summed E-state index contributed by atoms with van der Waals surface area (Å²) in [7, 11) is 0. The fourth-order valence-electron chi connectivity index (χ4n) is 1.47. The van der Waals surface area contributed by atoms with Gasteiger partial charge in [-0.2, -0.15) is 0 Å². The molecule has 0 aliphatic heterocycles. The number of nitrogens with two attached hydrogens (primary N) is 1. The van der Waals surface area contributed by atoms with Crippen LogP contribution in [0.4, 0.5) is 0 Å². The first-order valence-electron chi connectivity index (χ1n) is 6.61. The van der Waals surface area contributed by atoms with Crippen LogP contribution in [0.2, 0.25) is 0 Å². The number of hydrogen-bond donors (Lipinski definition) is 3. The Balaban J connectivity index is 0.00000400. The number of carbonyl (C=O) groups is 1. The van der Waals surface area contributed by atoms with Gasteiger partial charge in [0.25, 0.3) is 5.91 Å². The third kappa shape index (κ3) is 9.06. The number of nitrogens with zero attached hydrogens (tertiary/aromatic N) is 1. The molecule has 0 aliphatic carbocycles. The normalized spacial score (nSPS) is 10.4. The van der Waals surface area contributed by atoms with Gasteiger partial charge in [0.1, 0.15) is 0 Å². The molecule has 0 aromatic heterocycles. The average molecular weight is 402 g/mol. The van der Waals surface area contributed by atoms with Gasteiger partial charge in [0, 0.05) is 18.7 Å². The Hall–Kier alpha value is -1.57. The highest BCUT2D eigenvalue weighted by molar-refractivity contribution is 14.0. The lowest BCUT2D eigenvalue weighted by atomic mass is 10.2. The molecule has 0 heterocycles. The maximum Gasteiger partial charge on any atom is 0.251 e. The molecule has 1 aromatic rings. The number of carbonyl (C=O) groups excluding carboxylic acids is 1. The molecule has 21 heavy (non-hydrogen) atoms. The molecule has 5 nitrogen and oxygen atoms in total. The van der Waals surface area contributed by atoms with Crippen molar-refractivity contribution in [3.05, 3.63) is 48.0 Å². The Bertz CT molecular complexity index is 474. The number of guanidine groups is 1. The highest BCUT2D eigenvalue weighted by Gasteiger charge is 2.02. The van der Waals surface area contributed by atoms with E-state index in [1.165, 1.54) is 0 Å². The van der Waals surface area contributed by atoms with Gasteiger partial charge in [-0.3, -0.25) is 4.79 Å². The minimum atomic E-state index is -0.0606. The van der Waals surface area contributed by atoms with E-state index in [2.05, 4.69) is 22.2 Å². The Labute approximate surface area is 143 Å². The summed E-state index contributed by atoms with van der Waals surface area (Å²) in [5, 5.41) is 5.84. The molecule has 0 unspecified atom stereocenters. The fraction of sp³-hybridized carbons (Fsp3) is 0.333. The van der Waals surface area contributed by atoms with Crippen molar-refractivity contribution in [1.29, 1.82) is 0 Å². The highest BCUT2D eigenvalue weighted by Crippen LogP contribution is 1.97. The predicted octanol–water partition coefficient (Wildman–Crippen LogP) is 1.90. The summed E-state index contributed by atoms with van der Waals surface area (Å²) in [6.45, 7) is 7.44. The van der Waals surface area contributed by atoms with E-state index in [-0.39, 0.29) is 29.9 Å². The van der Waals surface area contributed by atoms with Crippen molar-refractivity contribution in [3.8, 4) is 0 Å². The molecule has 0 saturated carbocycles. The van der Waals surface area contributed by atoms with E-state index in [0.29, 0.717) is 31.2 Å². The first kappa shape index (κ1) is 19.4. The smallest absolute Gasteiger partial charge is 0.251 e. The van der Waals surface area contributed by atoms with Gasteiger partial charge in [-0.25, -0.2) is 4.99 Å². The average Bonchev–Trinajstić information content (AvgIpc) is 2.45. The molecule has 0 radical (unpaired) electrons. The first-order chi connectivity index (χ1) is 9.59. The largest absolute Gasteiger partial charge is 0.370 e. The molecule has 0 bridgehead atoms. The molecule has 1 aromatic carbocycles. The summed E-state index contributed by atoms with van der Waals surface area (Å²) in [4.78, 5) is 15.8. The Kier molecular flexibility index (Phi) is 10.3. The van der Waals surface area contributed by atoms with Crippen LogP contribution in [0.3, 0.4) is 0 Å². The van der Waals surface area contributed by atoms with E-state index in [4.69, 9.17) is 5.73 Å². The van der Waals surface area contributed by atoms with Gasteiger partial charge in [0.15, 0.2) is 5.96 Å². The molecule has 6 heteroatoms. The summed E-state index contributed by atoms with van der Waals surface area (Å²) < 4.78 is 0.